The quantitative estimate of drug-likeness (QED) is 0.430. The number of ether oxygens (including phenoxy) is 2. The van der Waals surface area contributed by atoms with E-state index in [4.69, 9.17) is 9.47 Å². The molecule has 0 aliphatic carbocycles. The Hall–Kier alpha value is -3.00. The highest BCUT2D eigenvalue weighted by molar-refractivity contribution is 7.99. The Kier molecular flexibility index (Phi) is 7.13. The van der Waals surface area contributed by atoms with E-state index in [1.165, 1.54) is 11.8 Å². The summed E-state index contributed by atoms with van der Waals surface area (Å²) >= 11 is 1.35. The van der Waals surface area contributed by atoms with Gasteiger partial charge >= 0.3 is 0 Å². The number of thioether (sulfide) groups is 1. The molecule has 0 fully saturated rings. The van der Waals surface area contributed by atoms with Crippen molar-refractivity contribution >= 4 is 17.7 Å². The van der Waals surface area contributed by atoms with Gasteiger partial charge in [0.2, 0.25) is 5.91 Å². The van der Waals surface area contributed by atoms with E-state index >= 15 is 0 Å². The van der Waals surface area contributed by atoms with Gasteiger partial charge in [-0.3, -0.25) is 4.79 Å². The van der Waals surface area contributed by atoms with E-state index in [-0.39, 0.29) is 11.7 Å². The topological polar surface area (TPSA) is 78.3 Å². The lowest BCUT2D eigenvalue weighted by Crippen LogP contribution is -2.29. The van der Waals surface area contributed by atoms with E-state index in [0.29, 0.717) is 29.8 Å². The van der Waals surface area contributed by atoms with Crippen LogP contribution in [0.5, 0.6) is 11.5 Å². The number of rotatable bonds is 9. The van der Waals surface area contributed by atoms with Crippen LogP contribution in [-0.4, -0.2) is 46.7 Å². The molecule has 7 nitrogen and oxygen atoms in total. The summed E-state index contributed by atoms with van der Waals surface area (Å²) in [5.41, 5.74) is 2.17. The predicted octanol–water partition coefficient (Wildman–Crippen LogP) is 3.09. The van der Waals surface area contributed by atoms with Gasteiger partial charge in [-0.25, -0.2) is 0 Å². The zero-order valence-corrected chi connectivity index (χ0v) is 17.5. The summed E-state index contributed by atoms with van der Waals surface area (Å²) in [4.78, 5) is 12.1. The van der Waals surface area contributed by atoms with Gasteiger partial charge in [-0.1, -0.05) is 48.2 Å². The summed E-state index contributed by atoms with van der Waals surface area (Å²) in [6, 6.07) is 15.4. The van der Waals surface area contributed by atoms with Gasteiger partial charge in [-0.2, -0.15) is 0 Å². The van der Waals surface area contributed by atoms with Gasteiger partial charge in [0.05, 0.1) is 19.4 Å². The molecule has 8 heteroatoms. The fourth-order valence-electron chi connectivity index (χ4n) is 2.77. The maximum atomic E-state index is 12.1. The largest absolute Gasteiger partial charge is 0.493 e. The highest BCUT2D eigenvalue weighted by Crippen LogP contribution is 2.26. The van der Waals surface area contributed by atoms with Crippen LogP contribution in [0.4, 0.5) is 0 Å². The van der Waals surface area contributed by atoms with E-state index in [9.17, 15) is 4.79 Å². The van der Waals surface area contributed by atoms with Crippen molar-refractivity contribution in [3.05, 3.63) is 54.1 Å². The lowest BCUT2D eigenvalue weighted by atomic mass is 10.1. The Morgan fingerprint density at radius 3 is 2.59 bits per heavy atom. The van der Waals surface area contributed by atoms with Crippen LogP contribution in [0.25, 0.3) is 11.4 Å². The van der Waals surface area contributed by atoms with Crippen LogP contribution < -0.4 is 14.8 Å². The third-order valence-electron chi connectivity index (χ3n) is 4.30. The highest BCUT2D eigenvalue weighted by atomic mass is 32.2. The minimum Gasteiger partial charge on any atom is -0.493 e. The number of carbonyl (C=O) groups excluding carboxylic acids is 1. The second-order valence-corrected chi connectivity index (χ2v) is 7.26. The molecule has 3 rings (SSSR count). The molecule has 0 saturated heterocycles. The summed E-state index contributed by atoms with van der Waals surface area (Å²) in [7, 11) is 3.50. The van der Waals surface area contributed by atoms with Gasteiger partial charge in [0.1, 0.15) is 6.61 Å². The maximum absolute atomic E-state index is 12.1. The molecule has 1 aromatic heterocycles. The Morgan fingerprint density at radius 1 is 1.10 bits per heavy atom. The van der Waals surface area contributed by atoms with Crippen molar-refractivity contribution in [2.45, 2.75) is 12.1 Å². The van der Waals surface area contributed by atoms with E-state index in [1.54, 1.807) is 7.11 Å². The number of nitrogens with one attached hydrogen (secondary N) is 1. The van der Waals surface area contributed by atoms with E-state index < -0.39 is 0 Å². The lowest BCUT2D eigenvalue weighted by molar-refractivity contribution is -0.118. The van der Waals surface area contributed by atoms with Gasteiger partial charge in [0.25, 0.3) is 0 Å². The van der Waals surface area contributed by atoms with Gasteiger partial charge in [0, 0.05) is 12.6 Å². The standard InChI is InChI=1S/C21H24N4O3S/c1-15-8-4-5-9-16(15)20-23-24-21(25(20)2)29-14-19(26)22-12-13-28-18-11-7-6-10-17(18)27-3/h4-11H,12-14H2,1-3H3,(H,22,26). The molecule has 0 aliphatic heterocycles. The van der Waals surface area contributed by atoms with Crippen LogP contribution in [0.15, 0.2) is 53.7 Å². The molecule has 152 valence electrons. The van der Waals surface area contributed by atoms with Crippen LogP contribution in [0.2, 0.25) is 0 Å². The number of methoxy groups -OCH3 is 1. The van der Waals surface area contributed by atoms with E-state index in [1.807, 2.05) is 67.1 Å². The van der Waals surface area contributed by atoms with Crippen molar-refractivity contribution in [1.29, 1.82) is 0 Å². The number of hydrogen-bond donors (Lipinski definition) is 1. The summed E-state index contributed by atoms with van der Waals surface area (Å²) < 4.78 is 12.8. The van der Waals surface area contributed by atoms with E-state index in [0.717, 1.165) is 17.0 Å². The first-order valence-electron chi connectivity index (χ1n) is 9.21. The molecule has 0 saturated carbocycles. The fraction of sp³-hybridized carbons (Fsp3) is 0.286. The van der Waals surface area contributed by atoms with Crippen molar-refractivity contribution in [2.75, 3.05) is 26.0 Å². The van der Waals surface area contributed by atoms with Crippen LogP contribution in [-0.2, 0) is 11.8 Å². The zero-order valence-electron chi connectivity index (χ0n) is 16.7. The molecule has 0 atom stereocenters. The van der Waals surface area contributed by atoms with Crippen LogP contribution >= 0.6 is 11.8 Å². The molecule has 0 radical (unpaired) electrons. The number of amides is 1. The minimum absolute atomic E-state index is 0.0842. The molecule has 0 spiro atoms. The molecular weight excluding hydrogens is 388 g/mol. The molecule has 1 heterocycles. The van der Waals surface area contributed by atoms with Crippen molar-refractivity contribution < 1.29 is 14.3 Å². The Bertz CT molecular complexity index is 974. The van der Waals surface area contributed by atoms with Crippen LogP contribution in [0.1, 0.15) is 5.56 Å². The number of hydrogen-bond acceptors (Lipinski definition) is 6. The third kappa shape index (κ3) is 5.29. The molecule has 1 N–H and O–H groups in total. The monoisotopic (exact) mass is 412 g/mol. The molecule has 2 aromatic carbocycles. The van der Waals surface area contributed by atoms with Crippen molar-refractivity contribution in [1.82, 2.24) is 20.1 Å². The van der Waals surface area contributed by atoms with E-state index in [2.05, 4.69) is 15.5 Å². The molecular formula is C21H24N4O3S. The first-order valence-corrected chi connectivity index (χ1v) is 10.2. The smallest absolute Gasteiger partial charge is 0.230 e. The number of nitrogens with zero attached hydrogens (tertiary/aromatic N) is 3. The summed E-state index contributed by atoms with van der Waals surface area (Å²) in [6.45, 7) is 2.81. The van der Waals surface area contributed by atoms with Crippen molar-refractivity contribution in [3.8, 4) is 22.9 Å². The minimum atomic E-state index is -0.0842. The molecule has 3 aromatic rings. The fourth-order valence-corrected chi connectivity index (χ4v) is 3.51. The highest BCUT2D eigenvalue weighted by Gasteiger charge is 2.14. The van der Waals surface area contributed by atoms with Crippen LogP contribution in [0, 0.1) is 6.92 Å². The number of para-hydroxylation sites is 2. The SMILES string of the molecule is COc1ccccc1OCCNC(=O)CSc1nnc(-c2ccccc2C)n1C. The summed E-state index contributed by atoms with van der Waals surface area (Å²) in [6.07, 6.45) is 0. The molecule has 0 unspecified atom stereocenters. The Labute approximate surface area is 174 Å². The van der Waals surface area contributed by atoms with Gasteiger partial charge in [-0.05, 0) is 24.6 Å². The molecule has 1 amide bonds. The number of aromatic nitrogens is 3. The van der Waals surface area contributed by atoms with Crippen LogP contribution in [0.3, 0.4) is 0 Å². The number of aryl methyl sites for hydroxylation is 1. The normalized spacial score (nSPS) is 10.6. The first kappa shape index (κ1) is 20.7. The van der Waals surface area contributed by atoms with Crippen molar-refractivity contribution in [3.63, 3.8) is 0 Å². The summed E-state index contributed by atoms with van der Waals surface area (Å²) in [5.74, 6) is 2.28. The Balaban J connectivity index is 1.46. The lowest BCUT2D eigenvalue weighted by Gasteiger charge is -2.10. The predicted molar refractivity (Wildman–Crippen MR) is 113 cm³/mol. The molecule has 0 bridgehead atoms. The second kappa shape index (κ2) is 9.97. The summed E-state index contributed by atoms with van der Waals surface area (Å²) in [5, 5.41) is 12.0. The average molecular weight is 413 g/mol. The maximum Gasteiger partial charge on any atom is 0.230 e. The molecule has 29 heavy (non-hydrogen) atoms. The zero-order chi connectivity index (χ0) is 20.6. The van der Waals surface area contributed by atoms with Gasteiger partial charge in [0.15, 0.2) is 22.5 Å². The third-order valence-corrected chi connectivity index (χ3v) is 5.32. The van der Waals surface area contributed by atoms with Gasteiger partial charge in [-0.15, -0.1) is 10.2 Å². The number of carbonyl (C=O) groups is 1. The molecule has 0 aliphatic rings. The Morgan fingerprint density at radius 2 is 1.83 bits per heavy atom. The average Bonchev–Trinajstić information content (AvgIpc) is 3.10. The van der Waals surface area contributed by atoms with Gasteiger partial charge < -0.3 is 19.4 Å². The number of benzene rings is 2. The van der Waals surface area contributed by atoms with Crippen molar-refractivity contribution in [2.24, 2.45) is 7.05 Å². The first-order chi connectivity index (χ1) is 14.1. The second-order valence-electron chi connectivity index (χ2n) is 6.32.